The van der Waals surface area contributed by atoms with Crippen molar-refractivity contribution >= 4 is 11.7 Å². The van der Waals surface area contributed by atoms with Crippen molar-refractivity contribution in [2.45, 2.75) is 41.5 Å². The third kappa shape index (κ3) is 11.8. The molecule has 2 aromatic heterocycles. The van der Waals surface area contributed by atoms with Crippen LogP contribution in [0.2, 0.25) is 0 Å². The van der Waals surface area contributed by atoms with Crippen LogP contribution in [0.15, 0.2) is 55.4 Å². The highest BCUT2D eigenvalue weighted by atomic mass is 16.5. The molecule has 5 heteroatoms. The molecule has 0 spiro atoms. The standard InChI is InChI=1S/C9H11NO.C8H9NO2.2C2H6/c1-3-11-8(2)9-6-4-5-7-10-9;1-2-11-8(10)7-5-3-4-6-9-7;2*1-2/h4-7H,2-3H2,1H3;3-6H,2H2,1H3;2*1-2H3. The van der Waals surface area contributed by atoms with Crippen LogP contribution in [0.1, 0.15) is 57.7 Å². The molecule has 0 saturated carbocycles. The summed E-state index contributed by atoms with van der Waals surface area (Å²) in [4.78, 5) is 18.9. The van der Waals surface area contributed by atoms with Gasteiger partial charge in [0.25, 0.3) is 0 Å². The highest BCUT2D eigenvalue weighted by Crippen LogP contribution is 2.08. The van der Waals surface area contributed by atoms with E-state index >= 15 is 0 Å². The Bertz CT molecular complexity index is 519. The second-order valence-corrected chi connectivity index (χ2v) is 4.01. The monoisotopic (exact) mass is 360 g/mol. The number of pyridine rings is 2. The van der Waals surface area contributed by atoms with E-state index in [1.54, 1.807) is 37.5 Å². The van der Waals surface area contributed by atoms with Crippen LogP contribution >= 0.6 is 0 Å². The van der Waals surface area contributed by atoms with Gasteiger partial charge >= 0.3 is 5.97 Å². The van der Waals surface area contributed by atoms with Crippen LogP contribution in [0.4, 0.5) is 0 Å². The molecule has 0 fully saturated rings. The highest BCUT2D eigenvalue weighted by molar-refractivity contribution is 5.86. The average Bonchev–Trinajstić information content (AvgIpc) is 2.73. The van der Waals surface area contributed by atoms with E-state index in [-0.39, 0.29) is 5.97 Å². The number of ether oxygens (including phenoxy) is 2. The molecule has 0 aliphatic carbocycles. The summed E-state index contributed by atoms with van der Waals surface area (Å²) in [5.74, 6) is 0.265. The first kappa shape index (κ1) is 25.5. The Balaban J connectivity index is 0. The molecule has 2 rings (SSSR count). The Morgan fingerprint density at radius 2 is 1.31 bits per heavy atom. The van der Waals surface area contributed by atoms with Crippen molar-refractivity contribution in [2.24, 2.45) is 0 Å². The molecule has 0 saturated heterocycles. The smallest absolute Gasteiger partial charge is 0.356 e. The number of carbonyl (C=O) groups is 1. The minimum atomic E-state index is -0.367. The molecule has 144 valence electrons. The summed E-state index contributed by atoms with van der Waals surface area (Å²) in [5.41, 5.74) is 1.16. The maximum atomic E-state index is 11.0. The van der Waals surface area contributed by atoms with Crippen LogP contribution < -0.4 is 0 Å². The van der Waals surface area contributed by atoms with Crippen molar-refractivity contribution in [1.82, 2.24) is 9.97 Å². The van der Waals surface area contributed by atoms with Gasteiger partial charge in [0, 0.05) is 12.4 Å². The molecule has 0 N–H and O–H groups in total. The predicted molar refractivity (Wildman–Crippen MR) is 108 cm³/mol. The zero-order valence-corrected chi connectivity index (χ0v) is 16.9. The zero-order valence-electron chi connectivity index (χ0n) is 16.9. The van der Waals surface area contributed by atoms with E-state index in [9.17, 15) is 4.79 Å². The Labute approximate surface area is 158 Å². The van der Waals surface area contributed by atoms with Crippen LogP contribution in [0.3, 0.4) is 0 Å². The lowest BCUT2D eigenvalue weighted by Gasteiger charge is -2.04. The summed E-state index contributed by atoms with van der Waals surface area (Å²) in [6, 6.07) is 10.8. The molecule has 2 heterocycles. The van der Waals surface area contributed by atoms with E-state index in [1.807, 2.05) is 52.8 Å². The fourth-order valence-corrected chi connectivity index (χ4v) is 1.46. The summed E-state index contributed by atoms with van der Waals surface area (Å²) < 4.78 is 9.90. The van der Waals surface area contributed by atoms with Gasteiger partial charge in [-0.25, -0.2) is 9.78 Å². The summed E-state index contributed by atoms with van der Waals surface area (Å²) in [6.07, 6.45) is 3.28. The van der Waals surface area contributed by atoms with Gasteiger partial charge in [0.1, 0.15) is 17.1 Å². The number of nitrogens with zero attached hydrogens (tertiary/aromatic N) is 2. The normalized spacial score (nSPS) is 8.23. The Morgan fingerprint density at radius 3 is 1.69 bits per heavy atom. The van der Waals surface area contributed by atoms with Crippen LogP contribution in [0, 0.1) is 0 Å². The van der Waals surface area contributed by atoms with Crippen molar-refractivity contribution in [1.29, 1.82) is 0 Å². The molecule has 0 bridgehead atoms. The highest BCUT2D eigenvalue weighted by Gasteiger charge is 2.04. The maximum absolute atomic E-state index is 11.0. The fraction of sp³-hybridized carbons (Fsp3) is 0.381. The second kappa shape index (κ2) is 18.6. The lowest BCUT2D eigenvalue weighted by atomic mass is 10.3. The van der Waals surface area contributed by atoms with Gasteiger partial charge in [0.2, 0.25) is 0 Å². The van der Waals surface area contributed by atoms with E-state index < -0.39 is 0 Å². The van der Waals surface area contributed by atoms with Gasteiger partial charge in [0.05, 0.1) is 13.2 Å². The van der Waals surface area contributed by atoms with Crippen molar-refractivity contribution in [2.75, 3.05) is 13.2 Å². The van der Waals surface area contributed by atoms with Gasteiger partial charge in [-0.3, -0.25) is 4.98 Å². The first-order valence-electron chi connectivity index (χ1n) is 9.00. The Hall–Kier alpha value is -2.69. The molecule has 0 radical (unpaired) electrons. The summed E-state index contributed by atoms with van der Waals surface area (Å²) in [6.45, 7) is 16.4. The number of hydrogen-bond donors (Lipinski definition) is 0. The minimum absolute atomic E-state index is 0.356. The Morgan fingerprint density at radius 1 is 0.846 bits per heavy atom. The Kier molecular flexibility index (Phi) is 18.3. The number of rotatable bonds is 5. The number of esters is 1. The SMILES string of the molecule is C=C(OCC)c1ccccn1.CC.CC.CCOC(=O)c1ccccn1. The minimum Gasteiger partial charge on any atom is -0.492 e. The van der Waals surface area contributed by atoms with Crippen molar-refractivity contribution in [3.05, 3.63) is 66.8 Å². The van der Waals surface area contributed by atoms with E-state index in [2.05, 4.69) is 16.5 Å². The van der Waals surface area contributed by atoms with Gasteiger partial charge < -0.3 is 9.47 Å². The molecule has 0 amide bonds. The van der Waals surface area contributed by atoms with E-state index in [0.29, 0.717) is 24.7 Å². The summed E-state index contributed by atoms with van der Waals surface area (Å²) in [7, 11) is 0. The third-order valence-corrected chi connectivity index (χ3v) is 2.42. The van der Waals surface area contributed by atoms with Gasteiger partial charge in [-0.1, -0.05) is 46.4 Å². The molecular weight excluding hydrogens is 328 g/mol. The van der Waals surface area contributed by atoms with Crippen LogP contribution in [-0.2, 0) is 9.47 Å². The summed E-state index contributed by atoms with van der Waals surface area (Å²) in [5, 5.41) is 0. The van der Waals surface area contributed by atoms with Crippen LogP contribution in [0.25, 0.3) is 5.76 Å². The van der Waals surface area contributed by atoms with Crippen molar-refractivity contribution in [3.63, 3.8) is 0 Å². The largest absolute Gasteiger partial charge is 0.492 e. The topological polar surface area (TPSA) is 61.3 Å². The lowest BCUT2D eigenvalue weighted by Crippen LogP contribution is -2.05. The van der Waals surface area contributed by atoms with E-state index in [1.165, 1.54) is 0 Å². The molecule has 5 nitrogen and oxygen atoms in total. The average molecular weight is 360 g/mol. The number of hydrogen-bond acceptors (Lipinski definition) is 5. The van der Waals surface area contributed by atoms with E-state index in [4.69, 9.17) is 9.47 Å². The maximum Gasteiger partial charge on any atom is 0.356 e. The molecule has 0 unspecified atom stereocenters. The van der Waals surface area contributed by atoms with Gasteiger partial charge in [0.15, 0.2) is 0 Å². The fourth-order valence-electron chi connectivity index (χ4n) is 1.46. The third-order valence-electron chi connectivity index (χ3n) is 2.42. The molecule has 0 aliphatic rings. The van der Waals surface area contributed by atoms with Gasteiger partial charge in [-0.15, -0.1) is 0 Å². The molecule has 26 heavy (non-hydrogen) atoms. The number of carbonyl (C=O) groups excluding carboxylic acids is 1. The van der Waals surface area contributed by atoms with Crippen LogP contribution in [-0.4, -0.2) is 29.2 Å². The quantitative estimate of drug-likeness (QED) is 0.528. The molecular formula is C21H32N2O3. The van der Waals surface area contributed by atoms with Gasteiger partial charge in [-0.2, -0.15) is 0 Å². The second-order valence-electron chi connectivity index (χ2n) is 4.01. The first-order chi connectivity index (χ1) is 12.7. The molecule has 0 aliphatic heterocycles. The molecule has 0 aromatic carbocycles. The van der Waals surface area contributed by atoms with E-state index in [0.717, 1.165) is 5.69 Å². The molecule has 0 atom stereocenters. The molecule has 2 aromatic rings. The van der Waals surface area contributed by atoms with Gasteiger partial charge in [-0.05, 0) is 38.1 Å². The lowest BCUT2D eigenvalue weighted by molar-refractivity contribution is 0.0519. The zero-order chi connectivity index (χ0) is 20.2. The first-order valence-corrected chi connectivity index (χ1v) is 9.00. The number of aromatic nitrogens is 2. The predicted octanol–water partition coefficient (Wildman–Crippen LogP) is 5.40. The summed E-state index contributed by atoms with van der Waals surface area (Å²) >= 11 is 0. The van der Waals surface area contributed by atoms with Crippen molar-refractivity contribution < 1.29 is 14.3 Å². The van der Waals surface area contributed by atoms with Crippen molar-refractivity contribution in [3.8, 4) is 0 Å². The van der Waals surface area contributed by atoms with Crippen LogP contribution in [0.5, 0.6) is 0 Å².